The van der Waals surface area contributed by atoms with Gasteiger partial charge >= 0.3 is 0 Å². The number of halogens is 3. The SMILES string of the molecule is Cc1cccc(C(=O)Nc2cccc(Cl)c2F)c1I. The second kappa shape index (κ2) is 5.88. The lowest BCUT2D eigenvalue weighted by atomic mass is 10.1. The summed E-state index contributed by atoms with van der Waals surface area (Å²) in [5.41, 5.74) is 1.59. The van der Waals surface area contributed by atoms with Crippen molar-refractivity contribution in [2.24, 2.45) is 0 Å². The average Bonchev–Trinajstić information content (AvgIpc) is 2.38. The molecule has 0 saturated carbocycles. The van der Waals surface area contributed by atoms with Crippen LogP contribution < -0.4 is 5.32 Å². The maximum Gasteiger partial charge on any atom is 0.256 e. The van der Waals surface area contributed by atoms with E-state index in [2.05, 4.69) is 27.9 Å². The van der Waals surface area contributed by atoms with Crippen molar-refractivity contribution in [3.8, 4) is 0 Å². The number of benzene rings is 2. The molecule has 1 N–H and O–H groups in total. The highest BCUT2D eigenvalue weighted by molar-refractivity contribution is 14.1. The van der Waals surface area contributed by atoms with Crippen LogP contribution in [0.2, 0.25) is 5.02 Å². The fourth-order valence-corrected chi connectivity index (χ4v) is 2.39. The van der Waals surface area contributed by atoms with Crippen molar-refractivity contribution in [3.05, 3.63) is 61.9 Å². The molecule has 5 heteroatoms. The molecule has 0 aliphatic carbocycles. The molecule has 2 aromatic carbocycles. The fraction of sp³-hybridized carbons (Fsp3) is 0.0714. The molecular formula is C14H10ClFINO. The number of hydrogen-bond acceptors (Lipinski definition) is 1. The van der Waals surface area contributed by atoms with Crippen LogP contribution in [0.3, 0.4) is 0 Å². The molecular weight excluding hydrogens is 380 g/mol. The van der Waals surface area contributed by atoms with Gasteiger partial charge in [-0.3, -0.25) is 4.79 Å². The summed E-state index contributed by atoms with van der Waals surface area (Å²) in [4.78, 5) is 12.1. The Balaban J connectivity index is 2.31. The summed E-state index contributed by atoms with van der Waals surface area (Å²) in [6, 6.07) is 9.90. The molecule has 0 spiro atoms. The van der Waals surface area contributed by atoms with Crippen LogP contribution in [-0.2, 0) is 0 Å². The number of nitrogens with one attached hydrogen (secondary N) is 1. The number of carbonyl (C=O) groups excluding carboxylic acids is 1. The van der Waals surface area contributed by atoms with Gasteiger partial charge in [0.15, 0.2) is 5.82 Å². The van der Waals surface area contributed by atoms with E-state index < -0.39 is 5.82 Å². The minimum absolute atomic E-state index is 0.0169. The molecule has 2 rings (SSSR count). The van der Waals surface area contributed by atoms with Gasteiger partial charge in [0.2, 0.25) is 0 Å². The molecule has 2 nitrogen and oxygen atoms in total. The molecule has 98 valence electrons. The number of rotatable bonds is 2. The molecule has 1 amide bonds. The Morgan fingerprint density at radius 3 is 2.68 bits per heavy atom. The maximum absolute atomic E-state index is 13.7. The Bertz CT molecular complexity index is 645. The zero-order valence-electron chi connectivity index (χ0n) is 10.0. The molecule has 0 radical (unpaired) electrons. The molecule has 0 fully saturated rings. The van der Waals surface area contributed by atoms with E-state index in [-0.39, 0.29) is 16.6 Å². The smallest absolute Gasteiger partial charge is 0.256 e. The summed E-state index contributed by atoms with van der Waals surface area (Å²) in [6.45, 7) is 1.92. The lowest BCUT2D eigenvalue weighted by molar-refractivity contribution is 0.102. The van der Waals surface area contributed by atoms with Crippen molar-refractivity contribution in [3.63, 3.8) is 0 Å². The largest absolute Gasteiger partial charge is 0.319 e. The van der Waals surface area contributed by atoms with E-state index in [0.29, 0.717) is 5.56 Å². The van der Waals surface area contributed by atoms with Crippen molar-refractivity contribution >= 4 is 45.8 Å². The van der Waals surface area contributed by atoms with Gasteiger partial charge in [-0.1, -0.05) is 29.8 Å². The Morgan fingerprint density at radius 2 is 1.95 bits per heavy atom. The van der Waals surface area contributed by atoms with E-state index in [1.165, 1.54) is 12.1 Å². The van der Waals surface area contributed by atoms with Crippen molar-refractivity contribution in [2.75, 3.05) is 5.32 Å². The van der Waals surface area contributed by atoms with Crippen LogP contribution >= 0.6 is 34.2 Å². The Labute approximate surface area is 129 Å². The molecule has 0 atom stereocenters. The highest BCUT2D eigenvalue weighted by Gasteiger charge is 2.14. The number of aryl methyl sites for hydroxylation is 1. The maximum atomic E-state index is 13.7. The molecule has 2 aromatic rings. The summed E-state index contributed by atoms with van der Waals surface area (Å²) >= 11 is 7.77. The van der Waals surface area contributed by atoms with Gasteiger partial charge in [0.25, 0.3) is 5.91 Å². The Kier molecular flexibility index (Phi) is 4.42. The molecule has 0 aromatic heterocycles. The van der Waals surface area contributed by atoms with Crippen LogP contribution in [0.25, 0.3) is 0 Å². The van der Waals surface area contributed by atoms with Gasteiger partial charge in [0, 0.05) is 3.57 Å². The van der Waals surface area contributed by atoms with E-state index in [1.54, 1.807) is 18.2 Å². The Hall–Kier alpha value is -1.14. The third-order valence-corrected chi connectivity index (χ3v) is 4.36. The zero-order chi connectivity index (χ0) is 14.0. The number of carbonyl (C=O) groups is 1. The van der Waals surface area contributed by atoms with Gasteiger partial charge < -0.3 is 5.32 Å². The third kappa shape index (κ3) is 3.06. The first-order valence-corrected chi connectivity index (χ1v) is 6.97. The number of amides is 1. The standard InChI is InChI=1S/C14H10ClFINO/c1-8-4-2-5-9(13(8)17)14(19)18-11-7-3-6-10(15)12(11)16/h2-7H,1H3,(H,18,19). The van der Waals surface area contributed by atoms with Crippen molar-refractivity contribution in [1.29, 1.82) is 0 Å². The summed E-state index contributed by atoms with van der Waals surface area (Å²) in [7, 11) is 0. The lowest BCUT2D eigenvalue weighted by Crippen LogP contribution is -2.15. The first kappa shape index (κ1) is 14.3. The molecule has 0 saturated heterocycles. The van der Waals surface area contributed by atoms with E-state index in [9.17, 15) is 9.18 Å². The van der Waals surface area contributed by atoms with Crippen LogP contribution in [0.4, 0.5) is 10.1 Å². The number of hydrogen-bond donors (Lipinski definition) is 1. The van der Waals surface area contributed by atoms with Gasteiger partial charge in [-0.05, 0) is 53.3 Å². The van der Waals surface area contributed by atoms with E-state index in [0.717, 1.165) is 9.13 Å². The first-order chi connectivity index (χ1) is 9.00. The van der Waals surface area contributed by atoms with E-state index in [1.807, 2.05) is 13.0 Å². The zero-order valence-corrected chi connectivity index (χ0v) is 12.9. The molecule has 0 bridgehead atoms. The molecule has 19 heavy (non-hydrogen) atoms. The van der Waals surface area contributed by atoms with Crippen LogP contribution in [0, 0.1) is 16.3 Å². The van der Waals surface area contributed by atoms with Gasteiger partial charge in [0.05, 0.1) is 16.3 Å². The average molecular weight is 390 g/mol. The topological polar surface area (TPSA) is 29.1 Å². The molecule has 0 aliphatic rings. The summed E-state index contributed by atoms with van der Waals surface area (Å²) in [5.74, 6) is -0.977. The van der Waals surface area contributed by atoms with Crippen LogP contribution in [0.1, 0.15) is 15.9 Å². The minimum atomic E-state index is -0.625. The van der Waals surface area contributed by atoms with Gasteiger partial charge in [-0.25, -0.2) is 4.39 Å². The fourth-order valence-electron chi connectivity index (χ4n) is 1.61. The van der Waals surface area contributed by atoms with Crippen molar-refractivity contribution in [1.82, 2.24) is 0 Å². The van der Waals surface area contributed by atoms with E-state index in [4.69, 9.17) is 11.6 Å². The molecule has 0 aliphatic heterocycles. The Morgan fingerprint density at radius 1 is 1.26 bits per heavy atom. The van der Waals surface area contributed by atoms with Gasteiger partial charge in [0.1, 0.15) is 0 Å². The van der Waals surface area contributed by atoms with Crippen LogP contribution in [0.15, 0.2) is 36.4 Å². The summed E-state index contributed by atoms with van der Waals surface area (Å²) in [6.07, 6.45) is 0. The highest BCUT2D eigenvalue weighted by atomic mass is 127. The third-order valence-electron chi connectivity index (χ3n) is 2.64. The lowest BCUT2D eigenvalue weighted by Gasteiger charge is -2.09. The van der Waals surface area contributed by atoms with Crippen molar-refractivity contribution in [2.45, 2.75) is 6.92 Å². The quantitative estimate of drug-likeness (QED) is 0.745. The summed E-state index contributed by atoms with van der Waals surface area (Å²) in [5, 5.41) is 2.52. The highest BCUT2D eigenvalue weighted by Crippen LogP contribution is 2.23. The van der Waals surface area contributed by atoms with Crippen LogP contribution in [0.5, 0.6) is 0 Å². The van der Waals surface area contributed by atoms with Crippen LogP contribution in [-0.4, -0.2) is 5.91 Å². The monoisotopic (exact) mass is 389 g/mol. The van der Waals surface area contributed by atoms with Gasteiger partial charge in [-0.15, -0.1) is 0 Å². The minimum Gasteiger partial charge on any atom is -0.319 e. The number of anilines is 1. The van der Waals surface area contributed by atoms with Crippen molar-refractivity contribution < 1.29 is 9.18 Å². The van der Waals surface area contributed by atoms with Gasteiger partial charge in [-0.2, -0.15) is 0 Å². The normalized spacial score (nSPS) is 10.3. The second-order valence-corrected chi connectivity index (χ2v) is 5.48. The predicted molar refractivity (Wildman–Crippen MR) is 83.3 cm³/mol. The predicted octanol–water partition coefficient (Wildman–Crippen LogP) is 4.64. The molecule has 0 heterocycles. The molecule has 0 unspecified atom stereocenters. The first-order valence-electron chi connectivity index (χ1n) is 5.51. The van der Waals surface area contributed by atoms with E-state index >= 15 is 0 Å². The summed E-state index contributed by atoms with van der Waals surface area (Å²) < 4.78 is 14.6. The second-order valence-electron chi connectivity index (χ2n) is 3.99.